The van der Waals surface area contributed by atoms with Crippen LogP contribution in [0.15, 0.2) is 24.3 Å². The van der Waals surface area contributed by atoms with Crippen molar-refractivity contribution in [2.75, 3.05) is 0 Å². The maximum atomic E-state index is 10.0. The topological polar surface area (TPSA) is 49.7 Å². The van der Waals surface area contributed by atoms with Crippen molar-refractivity contribution in [2.24, 2.45) is 17.3 Å². The van der Waals surface area contributed by atoms with Crippen molar-refractivity contribution in [3.8, 4) is 5.75 Å². The summed E-state index contributed by atoms with van der Waals surface area (Å²) in [6.07, 6.45) is 9.60. The van der Waals surface area contributed by atoms with E-state index in [2.05, 4.69) is 25.1 Å². The summed E-state index contributed by atoms with van der Waals surface area (Å²) in [7, 11) is 0. The maximum absolute atomic E-state index is 10.0. The zero-order valence-electron chi connectivity index (χ0n) is 13.7. The third-order valence-electron chi connectivity index (χ3n) is 6.28. The summed E-state index contributed by atoms with van der Waals surface area (Å²) < 4.78 is 18.1. The molecule has 3 nitrogen and oxygen atoms in total. The van der Waals surface area contributed by atoms with Gasteiger partial charge in [0.1, 0.15) is 0 Å². The molecule has 3 aliphatic carbocycles. The number of hydrogen-bond donors (Lipinski definition) is 2. The second-order valence-electron chi connectivity index (χ2n) is 7.65. The second-order valence-corrected chi connectivity index (χ2v) is 11.4. The molecule has 0 aromatic heterocycles. The molecule has 126 valence electrons. The van der Waals surface area contributed by atoms with Crippen LogP contribution in [0, 0.1) is 39.9 Å². The molecule has 0 aliphatic heterocycles. The normalized spacial score (nSPS) is 38.7. The Balaban J connectivity index is 1.78. The number of fused-ring (bicyclic) bond motifs is 5. The number of phenols is 1. The molecule has 23 heavy (non-hydrogen) atoms. The van der Waals surface area contributed by atoms with E-state index in [4.69, 9.17) is 2.81 Å². The van der Waals surface area contributed by atoms with Gasteiger partial charge in [0.2, 0.25) is 0 Å². The molecule has 0 amide bonds. The van der Waals surface area contributed by atoms with E-state index in [1.807, 2.05) is 10.7 Å². The van der Waals surface area contributed by atoms with E-state index in [0.29, 0.717) is 28.9 Å². The van der Waals surface area contributed by atoms with Gasteiger partial charge in [0, 0.05) is 0 Å². The third-order valence-corrected chi connectivity index (χ3v) is 8.17. The molecule has 1 aromatic carbocycles. The fourth-order valence-electron chi connectivity index (χ4n) is 5.39. The van der Waals surface area contributed by atoms with E-state index in [0.717, 1.165) is 12.0 Å². The summed E-state index contributed by atoms with van der Waals surface area (Å²) in [4.78, 5) is 0. The molecule has 0 saturated heterocycles. The van der Waals surface area contributed by atoms with Gasteiger partial charge in [-0.25, -0.2) is 0 Å². The van der Waals surface area contributed by atoms with Crippen molar-refractivity contribution in [1.29, 1.82) is 0 Å². The van der Waals surface area contributed by atoms with Gasteiger partial charge in [-0.05, 0) is 0 Å². The molecule has 2 N–H and O–H groups in total. The van der Waals surface area contributed by atoms with Crippen molar-refractivity contribution in [3.63, 3.8) is 0 Å². The van der Waals surface area contributed by atoms with Gasteiger partial charge in [0.15, 0.2) is 0 Å². The minimum atomic E-state index is -2.52. The molecule has 0 bridgehead atoms. The van der Waals surface area contributed by atoms with Gasteiger partial charge < -0.3 is 0 Å². The van der Waals surface area contributed by atoms with Crippen molar-refractivity contribution in [1.82, 2.24) is 0 Å². The Labute approximate surface area is 147 Å². The summed E-state index contributed by atoms with van der Waals surface area (Å²) in [5.74, 6) is 1.86. The van der Waals surface area contributed by atoms with E-state index in [9.17, 15) is 8.29 Å². The number of allylic oxidation sites excluding steroid dienone is 1. The number of aromatic hydroxyl groups is 1. The summed E-state index contributed by atoms with van der Waals surface area (Å²) in [6.45, 7) is 2.42. The van der Waals surface area contributed by atoms with Crippen molar-refractivity contribution >= 4 is 6.08 Å². The number of benzene rings is 1. The van der Waals surface area contributed by atoms with E-state index < -0.39 is 22.6 Å². The van der Waals surface area contributed by atoms with Crippen molar-refractivity contribution < 1.29 is 33.7 Å². The number of phenolic OH excluding ortho intramolecular Hbond substituents is 1. The van der Waals surface area contributed by atoms with Crippen LogP contribution in [-0.2, 0) is 2.81 Å². The molecular weight excluding hydrogens is 486 g/mol. The standard InChI is InChI=1S/C19H25AtO3/c1-19-9-3-4-16(19)15-7-5-12-10-13(21)6-8-14(12)18(15)17(11-19)23-20(2)22/h5-8,10,15-18,21-22H,3-4,9,11H2,1-2H3. The third kappa shape index (κ3) is 2.67. The van der Waals surface area contributed by atoms with Gasteiger partial charge in [0.05, 0.1) is 0 Å². The van der Waals surface area contributed by atoms with Crippen LogP contribution in [0.25, 0.3) is 6.08 Å². The molecule has 2 fully saturated rings. The van der Waals surface area contributed by atoms with Crippen molar-refractivity contribution in [3.05, 3.63) is 35.4 Å². The molecule has 0 spiro atoms. The van der Waals surface area contributed by atoms with Crippen LogP contribution >= 0.6 is 0 Å². The molecule has 4 rings (SSSR count). The molecule has 5 unspecified atom stereocenters. The predicted molar refractivity (Wildman–Crippen MR) is 86.4 cm³/mol. The molecular formula is C19H25AtO3. The summed E-state index contributed by atoms with van der Waals surface area (Å²) in [6, 6.07) is 5.71. The van der Waals surface area contributed by atoms with Gasteiger partial charge in [-0.2, -0.15) is 0 Å². The first-order chi connectivity index (χ1) is 11.0. The van der Waals surface area contributed by atoms with E-state index in [1.165, 1.54) is 24.8 Å². The SMILES string of the molecule is C[At](O)OC1CC2(C)CCCC2C2C=Cc3cc(O)ccc3C12. The first-order valence-corrected chi connectivity index (χ1v) is 13.9. The van der Waals surface area contributed by atoms with Gasteiger partial charge >= 0.3 is 147 Å². The van der Waals surface area contributed by atoms with Crippen LogP contribution in [-0.4, -0.2) is 14.4 Å². The van der Waals surface area contributed by atoms with Crippen LogP contribution in [0.5, 0.6) is 5.75 Å². The van der Waals surface area contributed by atoms with Gasteiger partial charge in [0.25, 0.3) is 0 Å². The Morgan fingerprint density at radius 3 is 2.96 bits per heavy atom. The Hall–Kier alpha value is -0.437. The Morgan fingerprint density at radius 2 is 2.17 bits per heavy atom. The number of rotatable bonds is 2. The summed E-state index contributed by atoms with van der Waals surface area (Å²) >= 11 is -2.52. The Morgan fingerprint density at radius 1 is 1.35 bits per heavy atom. The molecule has 0 heterocycles. The van der Waals surface area contributed by atoms with Crippen LogP contribution in [0.1, 0.15) is 49.7 Å². The predicted octanol–water partition coefficient (Wildman–Crippen LogP) is 4.21. The van der Waals surface area contributed by atoms with Crippen LogP contribution in [0.2, 0.25) is 4.63 Å². The fourth-order valence-corrected chi connectivity index (χ4v) is 7.36. The molecule has 0 radical (unpaired) electrons. The van der Waals surface area contributed by atoms with Crippen LogP contribution in [0.3, 0.4) is 0 Å². The molecule has 4 heteroatoms. The quantitative estimate of drug-likeness (QED) is 0.626. The average Bonchev–Trinajstić information content (AvgIpc) is 2.87. The van der Waals surface area contributed by atoms with Crippen LogP contribution in [0.4, 0.5) is 0 Å². The molecule has 2 saturated carbocycles. The minimum absolute atomic E-state index is 0.117. The zero-order valence-corrected chi connectivity index (χ0v) is 16.6. The molecule has 1 aromatic rings. The summed E-state index contributed by atoms with van der Waals surface area (Å²) in [5.41, 5.74) is 2.75. The van der Waals surface area contributed by atoms with Gasteiger partial charge in [-0.3, -0.25) is 0 Å². The first-order valence-electron chi connectivity index (χ1n) is 8.45. The van der Waals surface area contributed by atoms with E-state index >= 15 is 0 Å². The van der Waals surface area contributed by atoms with Gasteiger partial charge in [-0.15, -0.1) is 0 Å². The van der Waals surface area contributed by atoms with Crippen LogP contribution < -0.4 is 0 Å². The molecule has 5 atom stereocenters. The van der Waals surface area contributed by atoms with E-state index in [-0.39, 0.29) is 6.10 Å². The Bertz CT molecular complexity index is 642. The number of hydrogen-bond acceptors (Lipinski definition) is 3. The van der Waals surface area contributed by atoms with E-state index in [1.54, 1.807) is 6.07 Å². The monoisotopic (exact) mass is 511 g/mol. The van der Waals surface area contributed by atoms with Crippen molar-refractivity contribution in [2.45, 2.75) is 49.3 Å². The zero-order chi connectivity index (χ0) is 16.2. The second kappa shape index (κ2) is 5.83. The summed E-state index contributed by atoms with van der Waals surface area (Å²) in [5, 5.41) is 9.79. The Kier molecular flexibility index (Phi) is 4.07. The fraction of sp³-hybridized carbons (Fsp3) is 0.579. The van der Waals surface area contributed by atoms with Gasteiger partial charge in [-0.1, -0.05) is 0 Å². The average molecular weight is 511 g/mol. The first kappa shape index (κ1) is 16.1. The molecule has 3 aliphatic rings.